The standard InChI is InChI=1S/C16H37NO6P2/c1-2-3-4-5-6-7-8-9-10-11-12-13-14-17(15-24(18,19)20)16-25(21,22)23/h2-16H2,1H3,(H2,18,19,20)(H2,21,22,23)/p-4. The van der Waals surface area contributed by atoms with E-state index in [1.54, 1.807) is 0 Å². The molecule has 0 saturated carbocycles. The lowest BCUT2D eigenvalue weighted by Crippen LogP contribution is -2.47. The van der Waals surface area contributed by atoms with Crippen LogP contribution in [-0.2, 0) is 0 Å². The van der Waals surface area contributed by atoms with Gasteiger partial charge in [-0.15, -0.1) is 15.9 Å². The summed E-state index contributed by atoms with van der Waals surface area (Å²) in [6, 6.07) is 0. The van der Waals surface area contributed by atoms with Gasteiger partial charge < -0.3 is 29.4 Å². The highest BCUT2D eigenvalue weighted by atomic mass is 31.2. The summed E-state index contributed by atoms with van der Waals surface area (Å²) in [6.07, 6.45) is 11.9. The van der Waals surface area contributed by atoms with Gasteiger partial charge in [0.05, 0.1) is 12.6 Å². The fraction of sp³-hybridized carbons (Fsp3) is 1.00. The number of unbranched alkanes of at least 4 members (excludes halogenated alkanes) is 11. The van der Waals surface area contributed by atoms with Gasteiger partial charge in [-0.05, 0) is 6.42 Å². The van der Waals surface area contributed by atoms with Crippen LogP contribution < -0.4 is 29.4 Å². The number of hydrogen-bond donors (Lipinski definition) is 0. The van der Waals surface area contributed by atoms with E-state index in [2.05, 4.69) is 6.92 Å². The van der Waals surface area contributed by atoms with Crippen LogP contribution in [0.15, 0.2) is 0 Å². The van der Waals surface area contributed by atoms with Crippen molar-refractivity contribution >= 4 is 15.9 Å². The van der Waals surface area contributed by atoms with Crippen molar-refractivity contribution in [1.29, 1.82) is 0 Å². The molecule has 0 aliphatic rings. The summed E-state index contributed by atoms with van der Waals surface area (Å²) in [5, 5.41) is 0. The third-order valence-electron chi connectivity index (χ3n) is 4.07. The monoisotopic (exact) mass is 397 g/mol. The van der Waals surface area contributed by atoms with E-state index in [1.807, 2.05) is 0 Å². The second-order valence-electron chi connectivity index (χ2n) is 6.79. The van der Waals surface area contributed by atoms with Crippen LogP contribution >= 0.6 is 15.9 Å². The minimum Gasteiger partial charge on any atom is -0.687 e. The lowest BCUT2D eigenvalue weighted by Gasteiger charge is -2.49. The van der Waals surface area contributed by atoms with E-state index < -0.39 is 28.5 Å². The first-order valence-electron chi connectivity index (χ1n) is 9.38. The Morgan fingerprint density at radius 1 is 0.520 bits per heavy atom. The first-order chi connectivity index (χ1) is 11.6. The maximum atomic E-state index is 10.8. The molecule has 0 spiro atoms. The molecule has 0 N–H and O–H groups in total. The average molecular weight is 397 g/mol. The number of rotatable bonds is 17. The molecule has 25 heavy (non-hydrogen) atoms. The molecule has 0 aromatic heterocycles. The molecule has 0 aliphatic heterocycles. The van der Waals surface area contributed by atoms with E-state index in [9.17, 15) is 29.4 Å². The van der Waals surface area contributed by atoms with Gasteiger partial charge in [-0.2, -0.15) is 0 Å². The Kier molecular flexibility index (Phi) is 15.0. The van der Waals surface area contributed by atoms with Gasteiger partial charge in [0.2, 0.25) is 0 Å². The second-order valence-corrected chi connectivity index (χ2v) is 9.80. The van der Waals surface area contributed by atoms with E-state index in [4.69, 9.17) is 0 Å². The summed E-state index contributed by atoms with van der Waals surface area (Å²) in [7, 11) is -9.73. The van der Waals surface area contributed by atoms with E-state index in [0.717, 1.165) is 24.2 Å². The van der Waals surface area contributed by atoms with Crippen molar-refractivity contribution in [1.82, 2.24) is 4.90 Å². The molecule has 0 unspecified atom stereocenters. The highest BCUT2D eigenvalue weighted by molar-refractivity contribution is 7.55. The maximum absolute atomic E-state index is 10.8. The van der Waals surface area contributed by atoms with Crippen molar-refractivity contribution in [3.05, 3.63) is 0 Å². The quantitative estimate of drug-likeness (QED) is 0.240. The Balaban J connectivity index is 3.64. The third kappa shape index (κ3) is 20.7. The van der Waals surface area contributed by atoms with Crippen molar-refractivity contribution in [3.63, 3.8) is 0 Å². The predicted octanol–water partition coefficient (Wildman–Crippen LogP) is -0.408. The van der Waals surface area contributed by atoms with Gasteiger partial charge in [-0.1, -0.05) is 77.6 Å². The zero-order chi connectivity index (χ0) is 19.2. The van der Waals surface area contributed by atoms with Crippen LogP contribution in [0.5, 0.6) is 0 Å². The lowest BCUT2D eigenvalue weighted by atomic mass is 10.1. The maximum Gasteiger partial charge on any atom is 0.0970 e. The number of hydrogen-bond acceptors (Lipinski definition) is 7. The highest BCUT2D eigenvalue weighted by Gasteiger charge is 2.13. The SMILES string of the molecule is CCCCCCCCCCCCCCN(C[P+]([O-])([O-])[O-])C[P+]([O-])([O-])[O-]. The normalized spacial score (nSPS) is 13.0. The topological polar surface area (TPSA) is 142 Å². The van der Waals surface area contributed by atoms with Crippen LogP contribution in [0.4, 0.5) is 0 Å². The molecule has 0 amide bonds. The highest BCUT2D eigenvalue weighted by Crippen LogP contribution is 2.35. The van der Waals surface area contributed by atoms with Gasteiger partial charge in [0, 0.05) is 6.54 Å². The predicted molar refractivity (Wildman–Crippen MR) is 91.4 cm³/mol. The first kappa shape index (κ1) is 25.6. The van der Waals surface area contributed by atoms with Crippen molar-refractivity contribution in [2.24, 2.45) is 0 Å². The fourth-order valence-electron chi connectivity index (χ4n) is 2.85. The van der Waals surface area contributed by atoms with Crippen molar-refractivity contribution in [2.45, 2.75) is 84.0 Å². The Labute approximate surface area is 153 Å². The van der Waals surface area contributed by atoms with Crippen LogP contribution in [0.3, 0.4) is 0 Å². The number of nitrogens with zero attached hydrogens (tertiary/aromatic N) is 1. The summed E-state index contributed by atoms with van der Waals surface area (Å²) >= 11 is 0. The summed E-state index contributed by atoms with van der Waals surface area (Å²) < 4.78 is 0. The molecule has 152 valence electrons. The smallest absolute Gasteiger partial charge is 0.0970 e. The molecule has 0 saturated heterocycles. The van der Waals surface area contributed by atoms with Gasteiger partial charge in [-0.3, -0.25) is 0 Å². The van der Waals surface area contributed by atoms with Crippen LogP contribution in [0.2, 0.25) is 0 Å². The molecule has 0 aromatic carbocycles. The van der Waals surface area contributed by atoms with Gasteiger partial charge in [-0.25, -0.2) is 4.90 Å². The molecule has 0 bridgehead atoms. The minimum absolute atomic E-state index is 0.139. The molecular formula is C16H33NO6P2-4. The van der Waals surface area contributed by atoms with Gasteiger partial charge in [0.25, 0.3) is 0 Å². The van der Waals surface area contributed by atoms with E-state index >= 15 is 0 Å². The molecule has 0 radical (unpaired) electrons. The minimum atomic E-state index is -4.87. The van der Waals surface area contributed by atoms with Crippen molar-refractivity contribution in [3.8, 4) is 0 Å². The van der Waals surface area contributed by atoms with E-state index in [-0.39, 0.29) is 6.54 Å². The van der Waals surface area contributed by atoms with Gasteiger partial charge in [0.15, 0.2) is 0 Å². The van der Waals surface area contributed by atoms with Crippen molar-refractivity contribution < 1.29 is 29.4 Å². The third-order valence-corrected chi connectivity index (χ3v) is 5.57. The molecule has 0 atom stereocenters. The van der Waals surface area contributed by atoms with Crippen LogP contribution in [0.1, 0.15) is 84.0 Å². The molecule has 9 heteroatoms. The van der Waals surface area contributed by atoms with Crippen LogP contribution in [0.25, 0.3) is 0 Å². The van der Waals surface area contributed by atoms with E-state index in [1.165, 1.54) is 51.4 Å². The molecule has 0 fully saturated rings. The Morgan fingerprint density at radius 3 is 1.16 bits per heavy atom. The molecule has 7 nitrogen and oxygen atoms in total. The second kappa shape index (κ2) is 14.6. The van der Waals surface area contributed by atoms with E-state index in [0.29, 0.717) is 6.42 Å². The van der Waals surface area contributed by atoms with Crippen LogP contribution in [-0.4, -0.2) is 24.0 Å². The molecular weight excluding hydrogens is 364 g/mol. The largest absolute Gasteiger partial charge is 0.687 e. The molecule has 0 aliphatic carbocycles. The van der Waals surface area contributed by atoms with Crippen molar-refractivity contribution in [2.75, 3.05) is 19.1 Å². The molecule has 0 rings (SSSR count). The molecule has 0 aromatic rings. The average Bonchev–Trinajstić information content (AvgIpc) is 2.45. The first-order valence-corrected chi connectivity index (χ1v) is 12.8. The summed E-state index contributed by atoms with van der Waals surface area (Å²) in [5.41, 5.74) is 0. The van der Waals surface area contributed by atoms with Gasteiger partial charge in [0.1, 0.15) is 0 Å². The Bertz CT molecular complexity index is 294. The summed E-state index contributed by atoms with van der Waals surface area (Å²) in [4.78, 5) is 65.6. The molecule has 0 heterocycles. The van der Waals surface area contributed by atoms with Gasteiger partial charge >= 0.3 is 0 Å². The zero-order valence-corrected chi connectivity index (χ0v) is 17.2. The fourth-order valence-corrected chi connectivity index (χ4v) is 4.47. The lowest BCUT2D eigenvalue weighted by molar-refractivity contribution is -0.431. The summed E-state index contributed by atoms with van der Waals surface area (Å²) in [6.45, 7) is 2.35. The zero-order valence-electron chi connectivity index (χ0n) is 15.4. The summed E-state index contributed by atoms with van der Waals surface area (Å²) in [5.74, 6) is 0. The van der Waals surface area contributed by atoms with Crippen LogP contribution in [0, 0.1) is 0 Å². The Hall–Kier alpha value is 0.580. The Morgan fingerprint density at radius 2 is 0.840 bits per heavy atom.